The molecule has 0 saturated heterocycles. The van der Waals surface area contributed by atoms with Gasteiger partial charge in [0.1, 0.15) is 5.82 Å². The Bertz CT molecular complexity index is 847. The van der Waals surface area contributed by atoms with Crippen LogP contribution in [-0.2, 0) is 4.43 Å². The topological polar surface area (TPSA) is 93.4 Å². The molecule has 0 aliphatic rings. The predicted octanol–water partition coefficient (Wildman–Crippen LogP) is 2.44. The molecule has 1 heterocycles. The van der Waals surface area contributed by atoms with E-state index in [-0.39, 0.29) is 29.9 Å². The van der Waals surface area contributed by atoms with Crippen molar-refractivity contribution in [3.05, 3.63) is 58.6 Å². The first kappa shape index (κ1) is 22.0. The van der Waals surface area contributed by atoms with Crippen LogP contribution < -0.4 is 11.0 Å². The second-order valence-electron chi connectivity index (χ2n) is 8.04. The summed E-state index contributed by atoms with van der Waals surface area (Å²) in [4.78, 5) is 28.8. The Morgan fingerprint density at radius 2 is 1.89 bits per heavy atom. The minimum Gasteiger partial charge on any atom is -0.415 e. The summed E-state index contributed by atoms with van der Waals surface area (Å²) in [5.41, 5.74) is -0.345. The molecule has 1 aromatic carbocycles. The van der Waals surface area contributed by atoms with Gasteiger partial charge in [0.25, 0.3) is 5.91 Å². The summed E-state index contributed by atoms with van der Waals surface area (Å²) in [7, 11) is -1.41. The molecule has 0 aliphatic carbocycles. The van der Waals surface area contributed by atoms with Gasteiger partial charge in [0.05, 0.1) is 18.8 Å². The van der Waals surface area contributed by atoms with Gasteiger partial charge in [0.15, 0.2) is 9.04 Å². The first-order valence-corrected chi connectivity index (χ1v) is 12.1. The molecular formula is C20H29N3O4Si. The van der Waals surface area contributed by atoms with Crippen LogP contribution >= 0.6 is 0 Å². The number of nitrogens with zero attached hydrogens (tertiary/aromatic N) is 2. The zero-order chi connectivity index (χ0) is 20.9. The van der Waals surface area contributed by atoms with Crippen LogP contribution in [0.1, 0.15) is 37.2 Å². The number of benzene rings is 1. The normalized spacial score (nSPS) is 14.0. The number of aliphatic hydroxyl groups excluding tert-OH is 1. The Balaban J connectivity index is 2.28. The molecule has 0 saturated carbocycles. The van der Waals surface area contributed by atoms with Gasteiger partial charge < -0.3 is 14.8 Å². The summed E-state index contributed by atoms with van der Waals surface area (Å²) in [6.07, 6.45) is 1.20. The van der Waals surface area contributed by atoms with E-state index in [1.807, 2.05) is 26.8 Å². The number of rotatable bonds is 7. The van der Waals surface area contributed by atoms with Crippen LogP contribution in [-0.4, -0.2) is 42.3 Å². The molecule has 8 heteroatoms. The number of hydrogen-bond acceptors (Lipinski definition) is 5. The SMILES string of the molecule is C[SiH](C)OC(C(CO)n1ccc(NC(=O)c2ccccc2)nc1=O)C(C)(C)C. The highest BCUT2D eigenvalue weighted by Gasteiger charge is 2.35. The van der Waals surface area contributed by atoms with Crippen LogP contribution in [0.4, 0.5) is 5.82 Å². The van der Waals surface area contributed by atoms with Crippen molar-refractivity contribution in [2.45, 2.75) is 46.0 Å². The van der Waals surface area contributed by atoms with Crippen molar-refractivity contribution in [1.29, 1.82) is 0 Å². The third kappa shape index (κ3) is 5.60. The van der Waals surface area contributed by atoms with Crippen molar-refractivity contribution >= 4 is 20.8 Å². The van der Waals surface area contributed by atoms with E-state index >= 15 is 0 Å². The average molecular weight is 404 g/mol. The van der Waals surface area contributed by atoms with E-state index in [1.165, 1.54) is 4.57 Å². The van der Waals surface area contributed by atoms with E-state index in [4.69, 9.17) is 4.43 Å². The molecule has 2 rings (SSSR count). The highest BCUT2D eigenvalue weighted by atomic mass is 28.3. The number of anilines is 1. The molecule has 28 heavy (non-hydrogen) atoms. The van der Waals surface area contributed by atoms with Crippen LogP contribution in [0.2, 0.25) is 13.1 Å². The van der Waals surface area contributed by atoms with Gasteiger partial charge in [0.2, 0.25) is 0 Å². The fraction of sp³-hybridized carbons (Fsp3) is 0.450. The molecule has 0 fully saturated rings. The summed E-state index contributed by atoms with van der Waals surface area (Å²) < 4.78 is 7.53. The summed E-state index contributed by atoms with van der Waals surface area (Å²) in [6, 6.07) is 9.69. The molecule has 1 aromatic heterocycles. The van der Waals surface area contributed by atoms with Crippen molar-refractivity contribution < 1.29 is 14.3 Å². The predicted molar refractivity (Wildman–Crippen MR) is 112 cm³/mol. The van der Waals surface area contributed by atoms with E-state index in [1.54, 1.807) is 36.5 Å². The largest absolute Gasteiger partial charge is 0.415 e. The highest BCUT2D eigenvalue weighted by molar-refractivity contribution is 6.48. The Labute approximate surface area is 167 Å². The fourth-order valence-corrected chi connectivity index (χ4v) is 4.18. The van der Waals surface area contributed by atoms with Crippen LogP contribution in [0.15, 0.2) is 47.4 Å². The Morgan fingerprint density at radius 1 is 1.25 bits per heavy atom. The average Bonchev–Trinajstić information content (AvgIpc) is 2.62. The van der Waals surface area contributed by atoms with E-state index in [9.17, 15) is 14.7 Å². The molecule has 152 valence electrons. The van der Waals surface area contributed by atoms with Gasteiger partial charge in [-0.15, -0.1) is 0 Å². The van der Waals surface area contributed by atoms with E-state index < -0.39 is 20.8 Å². The molecule has 7 nitrogen and oxygen atoms in total. The fourth-order valence-electron chi connectivity index (χ4n) is 3.01. The van der Waals surface area contributed by atoms with Crippen LogP contribution in [0.5, 0.6) is 0 Å². The van der Waals surface area contributed by atoms with Gasteiger partial charge in [0, 0.05) is 11.8 Å². The quantitative estimate of drug-likeness (QED) is 0.693. The van der Waals surface area contributed by atoms with Crippen LogP contribution in [0, 0.1) is 5.41 Å². The smallest absolute Gasteiger partial charge is 0.349 e. The molecule has 0 radical (unpaired) electrons. The van der Waals surface area contributed by atoms with Crippen molar-refractivity contribution in [2.24, 2.45) is 5.41 Å². The molecule has 0 bridgehead atoms. The van der Waals surface area contributed by atoms with Gasteiger partial charge in [-0.1, -0.05) is 39.0 Å². The van der Waals surface area contributed by atoms with Crippen molar-refractivity contribution in [3.63, 3.8) is 0 Å². The third-order valence-electron chi connectivity index (χ3n) is 4.27. The zero-order valence-corrected chi connectivity index (χ0v) is 18.2. The maximum Gasteiger partial charge on any atom is 0.349 e. The summed E-state index contributed by atoms with van der Waals surface area (Å²) in [6.45, 7) is 9.91. The van der Waals surface area contributed by atoms with Gasteiger partial charge in [-0.25, -0.2) is 4.79 Å². The lowest BCUT2D eigenvalue weighted by atomic mass is 9.85. The lowest BCUT2D eigenvalue weighted by Gasteiger charge is -2.38. The first-order valence-electron chi connectivity index (χ1n) is 9.35. The molecular weight excluding hydrogens is 374 g/mol. The molecule has 0 aliphatic heterocycles. The maximum absolute atomic E-state index is 12.6. The maximum atomic E-state index is 12.6. The third-order valence-corrected chi connectivity index (χ3v) is 5.11. The van der Waals surface area contributed by atoms with Crippen molar-refractivity contribution in [1.82, 2.24) is 9.55 Å². The molecule has 0 spiro atoms. The zero-order valence-electron chi connectivity index (χ0n) is 17.0. The summed E-state index contributed by atoms with van der Waals surface area (Å²) >= 11 is 0. The van der Waals surface area contributed by atoms with Crippen molar-refractivity contribution in [2.75, 3.05) is 11.9 Å². The minimum absolute atomic E-state index is 0.165. The number of hydrogen-bond donors (Lipinski definition) is 2. The number of aromatic nitrogens is 2. The van der Waals surface area contributed by atoms with E-state index in [0.717, 1.165) is 0 Å². The van der Waals surface area contributed by atoms with Gasteiger partial charge in [-0.3, -0.25) is 9.36 Å². The van der Waals surface area contributed by atoms with Gasteiger partial charge in [-0.2, -0.15) is 4.98 Å². The second-order valence-corrected chi connectivity index (χ2v) is 10.4. The Morgan fingerprint density at radius 3 is 2.39 bits per heavy atom. The van der Waals surface area contributed by atoms with Gasteiger partial charge >= 0.3 is 5.69 Å². The van der Waals surface area contributed by atoms with Crippen molar-refractivity contribution in [3.8, 4) is 0 Å². The number of carbonyl (C=O) groups is 1. The molecule has 2 N–H and O–H groups in total. The monoisotopic (exact) mass is 403 g/mol. The summed E-state index contributed by atoms with van der Waals surface area (Å²) in [5, 5.41) is 12.6. The van der Waals surface area contributed by atoms with Gasteiger partial charge in [-0.05, 0) is 36.7 Å². The summed E-state index contributed by atoms with van der Waals surface area (Å²) in [5.74, 6) is -0.177. The van der Waals surface area contributed by atoms with E-state index in [0.29, 0.717) is 5.56 Å². The lowest BCUT2D eigenvalue weighted by Crippen LogP contribution is -2.45. The van der Waals surface area contributed by atoms with Crippen LogP contribution in [0.25, 0.3) is 0 Å². The number of amides is 1. The molecule has 2 atom stereocenters. The number of aliphatic hydroxyl groups is 1. The van der Waals surface area contributed by atoms with Crippen LogP contribution in [0.3, 0.4) is 0 Å². The standard InChI is InChI=1S/C20H29N3O4Si/c1-20(2,3)17(27-28(4)5)15(13-24)23-12-11-16(22-19(23)26)21-18(25)14-9-7-6-8-10-14/h6-12,15,17,24,28H,13H2,1-5H3,(H,21,22,25,26). The molecule has 2 unspecified atom stereocenters. The highest BCUT2D eigenvalue weighted by Crippen LogP contribution is 2.31. The second kappa shape index (κ2) is 9.27. The number of nitrogens with one attached hydrogen (secondary N) is 1. The van der Waals surface area contributed by atoms with E-state index in [2.05, 4.69) is 23.4 Å². The Kier molecular flexibility index (Phi) is 7.28. The minimum atomic E-state index is -1.41. The first-order chi connectivity index (χ1) is 13.1. The molecule has 1 amide bonds. The Hall–Kier alpha value is -2.29. The number of carbonyl (C=O) groups excluding carboxylic acids is 1. The molecule has 2 aromatic rings. The lowest BCUT2D eigenvalue weighted by molar-refractivity contribution is 0.0125.